The summed E-state index contributed by atoms with van der Waals surface area (Å²) in [7, 11) is -1.40. The van der Waals surface area contributed by atoms with Crippen LogP contribution in [0, 0.1) is 5.92 Å². The predicted octanol–water partition coefficient (Wildman–Crippen LogP) is -0.273. The molecular weight excluding hydrogens is 355 g/mol. The summed E-state index contributed by atoms with van der Waals surface area (Å²) in [6, 6.07) is 0.508. The van der Waals surface area contributed by atoms with Gasteiger partial charge in [-0.3, -0.25) is 4.99 Å². The average Bonchev–Trinajstić information content (AvgIpc) is 2.85. The smallest absolute Gasteiger partial charge is 0.208 e. The normalized spacial score (nSPS) is 23.8. The van der Waals surface area contributed by atoms with Crippen LogP contribution < -0.4 is 15.4 Å². The molecule has 0 aromatic rings. The number of guanidine groups is 1. The monoisotopic (exact) mass is 376 g/mol. The van der Waals surface area contributed by atoms with Crippen LogP contribution in [0.2, 0.25) is 0 Å². The molecule has 2 atom stereocenters. The van der Waals surface area contributed by atoms with E-state index in [9.17, 15) is 8.42 Å². The predicted molar refractivity (Wildman–Crippen MR) is 80.3 cm³/mol. The molecule has 3 N–H and O–H groups in total. The lowest BCUT2D eigenvalue weighted by molar-refractivity contribution is 0.586. The number of halogens is 1. The van der Waals surface area contributed by atoms with Gasteiger partial charge in [0.1, 0.15) is 0 Å². The zero-order valence-electron chi connectivity index (χ0n) is 10.4. The van der Waals surface area contributed by atoms with Crippen molar-refractivity contribution >= 4 is 40.0 Å². The molecule has 0 aromatic carbocycles. The van der Waals surface area contributed by atoms with Gasteiger partial charge in [0, 0.05) is 26.2 Å². The topological polar surface area (TPSA) is 82.6 Å². The van der Waals surface area contributed by atoms with Gasteiger partial charge in [-0.05, 0) is 12.3 Å². The van der Waals surface area contributed by atoms with E-state index in [4.69, 9.17) is 0 Å². The van der Waals surface area contributed by atoms with Crippen molar-refractivity contribution in [2.75, 3.05) is 26.4 Å². The molecule has 17 heavy (non-hydrogen) atoms. The molecule has 0 aromatic heterocycles. The average molecular weight is 376 g/mol. The number of nitrogens with one attached hydrogen (secondary N) is 3. The first-order valence-electron chi connectivity index (χ1n) is 5.34. The van der Waals surface area contributed by atoms with Crippen molar-refractivity contribution in [2.24, 2.45) is 10.9 Å². The Balaban J connectivity index is 0.00000256. The van der Waals surface area contributed by atoms with Gasteiger partial charge in [0.05, 0.1) is 6.26 Å². The highest BCUT2D eigenvalue weighted by atomic mass is 127. The van der Waals surface area contributed by atoms with E-state index in [0.717, 1.165) is 12.2 Å². The third-order valence-corrected chi connectivity index (χ3v) is 3.17. The molecule has 2 unspecified atom stereocenters. The lowest BCUT2D eigenvalue weighted by Crippen LogP contribution is -2.42. The van der Waals surface area contributed by atoms with E-state index >= 15 is 0 Å². The van der Waals surface area contributed by atoms with Crippen molar-refractivity contribution in [2.45, 2.75) is 19.4 Å². The van der Waals surface area contributed by atoms with Crippen LogP contribution in [0.5, 0.6) is 0 Å². The summed E-state index contributed by atoms with van der Waals surface area (Å²) in [6.07, 6.45) is 2.31. The quantitative estimate of drug-likeness (QED) is 0.267. The first-order chi connectivity index (χ1) is 7.42. The Morgan fingerprint density at radius 3 is 2.41 bits per heavy atom. The maximum atomic E-state index is 10.8. The molecule has 1 saturated carbocycles. The van der Waals surface area contributed by atoms with Gasteiger partial charge in [-0.1, -0.05) is 6.92 Å². The second-order valence-electron chi connectivity index (χ2n) is 4.13. The molecule has 0 bridgehead atoms. The van der Waals surface area contributed by atoms with Crippen molar-refractivity contribution in [1.29, 1.82) is 0 Å². The van der Waals surface area contributed by atoms with Crippen LogP contribution in [0.3, 0.4) is 0 Å². The lowest BCUT2D eigenvalue weighted by Gasteiger charge is -2.11. The van der Waals surface area contributed by atoms with Crippen LogP contribution in [0.25, 0.3) is 0 Å². The van der Waals surface area contributed by atoms with Gasteiger partial charge in [0.25, 0.3) is 0 Å². The van der Waals surface area contributed by atoms with Gasteiger partial charge in [0.15, 0.2) is 5.96 Å². The second-order valence-corrected chi connectivity index (χ2v) is 5.96. The van der Waals surface area contributed by atoms with Crippen molar-refractivity contribution in [1.82, 2.24) is 15.4 Å². The maximum Gasteiger partial charge on any atom is 0.208 e. The molecule has 6 nitrogen and oxygen atoms in total. The SMILES string of the molecule is CN=C(NCCNS(C)(=O)=O)NC1CC1C.I. The molecule has 8 heteroatoms. The third-order valence-electron chi connectivity index (χ3n) is 2.44. The van der Waals surface area contributed by atoms with Crippen molar-refractivity contribution in [3.05, 3.63) is 0 Å². The Kier molecular flexibility index (Phi) is 7.33. The summed E-state index contributed by atoms with van der Waals surface area (Å²) in [6.45, 7) is 3.06. The van der Waals surface area contributed by atoms with Crippen molar-refractivity contribution in [3.63, 3.8) is 0 Å². The van der Waals surface area contributed by atoms with E-state index in [1.807, 2.05) is 0 Å². The highest BCUT2D eigenvalue weighted by Gasteiger charge is 2.33. The molecule has 1 fully saturated rings. The number of hydrogen-bond acceptors (Lipinski definition) is 3. The molecule has 0 amide bonds. The van der Waals surface area contributed by atoms with Gasteiger partial charge < -0.3 is 10.6 Å². The molecule has 1 aliphatic rings. The van der Waals surface area contributed by atoms with E-state index in [1.54, 1.807) is 7.05 Å². The number of nitrogens with zero attached hydrogens (tertiary/aromatic N) is 1. The fourth-order valence-electron chi connectivity index (χ4n) is 1.31. The molecule has 0 saturated heterocycles. The van der Waals surface area contributed by atoms with Crippen LogP contribution in [0.4, 0.5) is 0 Å². The van der Waals surface area contributed by atoms with Crippen molar-refractivity contribution in [3.8, 4) is 0 Å². The van der Waals surface area contributed by atoms with Crippen molar-refractivity contribution < 1.29 is 8.42 Å². The number of rotatable bonds is 5. The van der Waals surface area contributed by atoms with E-state index in [1.165, 1.54) is 6.42 Å². The van der Waals surface area contributed by atoms with E-state index in [-0.39, 0.29) is 24.0 Å². The summed E-state index contributed by atoms with van der Waals surface area (Å²) < 4.78 is 24.0. The number of aliphatic imine (C=N–C) groups is 1. The summed E-state index contributed by atoms with van der Waals surface area (Å²) >= 11 is 0. The summed E-state index contributed by atoms with van der Waals surface area (Å²) in [5.74, 6) is 1.43. The minimum absolute atomic E-state index is 0. The minimum atomic E-state index is -3.10. The minimum Gasteiger partial charge on any atom is -0.355 e. The van der Waals surface area contributed by atoms with Crippen LogP contribution >= 0.6 is 24.0 Å². The van der Waals surface area contributed by atoms with E-state index in [2.05, 4.69) is 27.3 Å². The van der Waals surface area contributed by atoms with Crippen LogP contribution in [-0.4, -0.2) is 46.8 Å². The Morgan fingerprint density at radius 2 is 2.00 bits per heavy atom. The molecule has 0 aliphatic heterocycles. The van der Waals surface area contributed by atoms with Gasteiger partial charge in [-0.2, -0.15) is 0 Å². The first kappa shape index (κ1) is 16.9. The van der Waals surface area contributed by atoms with Gasteiger partial charge in [-0.25, -0.2) is 13.1 Å². The lowest BCUT2D eigenvalue weighted by atomic mass is 10.5. The standard InChI is InChI=1S/C9H20N4O2S.HI/c1-7-6-8(7)13-9(10-2)11-4-5-12-16(3,14)15;/h7-8,12H,4-6H2,1-3H3,(H2,10,11,13);1H. The Bertz CT molecular complexity index is 358. The molecular formula is C9H21IN4O2S. The van der Waals surface area contributed by atoms with E-state index < -0.39 is 10.0 Å². The van der Waals surface area contributed by atoms with Gasteiger partial charge in [0.2, 0.25) is 10.0 Å². The number of hydrogen-bond donors (Lipinski definition) is 3. The first-order valence-corrected chi connectivity index (χ1v) is 7.23. The molecule has 102 valence electrons. The summed E-state index contributed by atoms with van der Waals surface area (Å²) in [4.78, 5) is 4.05. The Hall–Kier alpha value is -0.0900. The van der Waals surface area contributed by atoms with E-state index in [0.29, 0.717) is 25.0 Å². The molecule has 0 spiro atoms. The van der Waals surface area contributed by atoms with Crippen LogP contribution in [0.1, 0.15) is 13.3 Å². The zero-order chi connectivity index (χ0) is 12.2. The molecule has 1 aliphatic carbocycles. The fourth-order valence-corrected chi connectivity index (χ4v) is 1.78. The second kappa shape index (κ2) is 7.37. The highest BCUT2D eigenvalue weighted by molar-refractivity contribution is 14.0. The molecule has 0 heterocycles. The fraction of sp³-hybridized carbons (Fsp3) is 0.889. The van der Waals surface area contributed by atoms with Gasteiger partial charge >= 0.3 is 0 Å². The van der Waals surface area contributed by atoms with Gasteiger partial charge in [-0.15, -0.1) is 24.0 Å². The Morgan fingerprint density at radius 1 is 1.41 bits per heavy atom. The maximum absolute atomic E-state index is 10.8. The molecule has 1 rings (SSSR count). The largest absolute Gasteiger partial charge is 0.355 e. The number of sulfonamides is 1. The summed E-state index contributed by atoms with van der Waals surface area (Å²) in [5, 5.41) is 6.30. The highest BCUT2D eigenvalue weighted by Crippen LogP contribution is 2.28. The van der Waals surface area contributed by atoms with Crippen LogP contribution in [-0.2, 0) is 10.0 Å². The summed E-state index contributed by atoms with van der Waals surface area (Å²) in [5.41, 5.74) is 0. The Labute approximate surface area is 120 Å². The zero-order valence-corrected chi connectivity index (χ0v) is 13.5. The van der Waals surface area contributed by atoms with Crippen LogP contribution in [0.15, 0.2) is 4.99 Å². The third kappa shape index (κ3) is 7.77. The molecule has 0 radical (unpaired) electrons.